The molecule has 240 valence electrons. The van der Waals surface area contributed by atoms with Crippen LogP contribution in [-0.4, -0.2) is 84.3 Å². The Bertz CT molecular complexity index is 895. The fourth-order valence-corrected chi connectivity index (χ4v) is 4.55. The molecule has 0 saturated heterocycles. The lowest BCUT2D eigenvalue weighted by Crippen LogP contribution is -2.52. The number of nitrogens with zero attached hydrogens (tertiary/aromatic N) is 4. The molecule has 0 heterocycles. The van der Waals surface area contributed by atoms with Gasteiger partial charge in [0, 0.05) is 19.9 Å². The Morgan fingerprint density at radius 1 is 1.05 bits per heavy atom. The summed E-state index contributed by atoms with van der Waals surface area (Å²) in [5.74, 6) is 1.48. The minimum absolute atomic E-state index is 0.148. The highest BCUT2D eigenvalue weighted by Crippen LogP contribution is 2.16. The van der Waals surface area contributed by atoms with Crippen molar-refractivity contribution in [3.8, 4) is 6.57 Å². The van der Waals surface area contributed by atoms with Crippen molar-refractivity contribution in [2.75, 3.05) is 13.6 Å². The molecule has 0 aliphatic rings. The molecule has 8 N–H and O–H groups in total. The van der Waals surface area contributed by atoms with Crippen LogP contribution in [0.15, 0.2) is 9.98 Å². The smallest absolute Gasteiger partial charge is 0.387 e. The number of likely N-dealkylation sites (N-methyl/N-ethyl adjacent to an activating group) is 1. The second kappa shape index (κ2) is 22.7. The zero-order valence-corrected chi connectivity index (χ0v) is 27.2. The van der Waals surface area contributed by atoms with Crippen LogP contribution >= 0.6 is 0 Å². The first-order valence-corrected chi connectivity index (χ1v) is 15.6. The minimum Gasteiger partial charge on any atom is -0.387 e. The average molecular weight is 592 g/mol. The lowest BCUT2D eigenvalue weighted by molar-refractivity contribution is -0.543. The van der Waals surface area contributed by atoms with Crippen LogP contribution in [0.1, 0.15) is 105 Å². The number of hydrogen-bond acceptors (Lipinski definition) is 6. The van der Waals surface area contributed by atoms with Crippen molar-refractivity contribution >= 4 is 30.5 Å². The molecule has 0 aromatic heterocycles. The molecule has 0 saturated carbocycles. The zero-order valence-electron chi connectivity index (χ0n) is 27.2. The summed E-state index contributed by atoms with van der Waals surface area (Å²) >= 11 is 0. The zero-order chi connectivity index (χ0) is 32.1. The van der Waals surface area contributed by atoms with E-state index in [1.54, 1.807) is 7.05 Å². The van der Waals surface area contributed by atoms with Crippen molar-refractivity contribution < 1.29 is 14.5 Å². The number of rotatable bonds is 24. The molecule has 0 spiro atoms. The van der Waals surface area contributed by atoms with E-state index in [1.807, 2.05) is 25.3 Å². The molecule has 0 rings (SSSR count). The molecule has 1 amide bonds. The lowest BCUT2D eigenvalue weighted by Gasteiger charge is -2.27. The predicted molar refractivity (Wildman–Crippen MR) is 177 cm³/mol. The molecule has 0 fully saturated rings. The second-order valence-corrected chi connectivity index (χ2v) is 12.0. The Kier molecular flexibility index (Phi) is 21.2. The van der Waals surface area contributed by atoms with Gasteiger partial charge in [-0.3, -0.25) is 20.1 Å². The van der Waals surface area contributed by atoms with E-state index in [1.165, 1.54) is 6.21 Å². The van der Waals surface area contributed by atoms with Crippen LogP contribution in [0.3, 0.4) is 0 Å². The summed E-state index contributed by atoms with van der Waals surface area (Å²) < 4.78 is 1.83. The third-order valence-electron chi connectivity index (χ3n) is 7.21. The van der Waals surface area contributed by atoms with E-state index in [2.05, 4.69) is 36.0 Å². The molecule has 42 heavy (non-hydrogen) atoms. The van der Waals surface area contributed by atoms with Crippen molar-refractivity contribution in [2.45, 2.75) is 136 Å². The molecule has 5 atom stereocenters. The van der Waals surface area contributed by atoms with Crippen LogP contribution in [0.5, 0.6) is 0 Å². The molecule has 0 aliphatic heterocycles. The third kappa shape index (κ3) is 17.9. The first-order valence-electron chi connectivity index (χ1n) is 15.6. The fourth-order valence-electron chi connectivity index (χ4n) is 4.55. The highest BCUT2D eigenvalue weighted by molar-refractivity contribution is 5.90. The van der Waals surface area contributed by atoms with Gasteiger partial charge in [0.1, 0.15) is 31.4 Å². The maximum Gasteiger partial charge on any atom is 0.449 e. The lowest BCUT2D eigenvalue weighted by atomic mass is 10.00. The molecular weight excluding hydrogens is 530 g/mol. The Morgan fingerprint density at radius 3 is 2.29 bits per heavy atom. The molecule has 0 aromatic carbocycles. The molecule has 0 bridgehead atoms. The summed E-state index contributed by atoms with van der Waals surface area (Å²) in [6, 6.07) is -1.55. The first-order chi connectivity index (χ1) is 19.9. The standard InChI is InChI=1S/C31H60N9O2/c1-22(2)15-9-10-17-26(31(42)39-27(21-23(3)4)30(41)36-7)38-29(34)25(16-11-13-19-32)37-28(33)18-12-14-20-40(8)24(5)35-6/h6,19,22-27,31-32,39,42H,8-18,20-21H2,1-5,7H3,(H4-,33,34,36,37,38,41)/q+1/p+1. The molecule has 0 radical (unpaired) electrons. The van der Waals surface area contributed by atoms with Gasteiger partial charge in [0.2, 0.25) is 5.91 Å². The number of nitrogens with one attached hydrogen (secondary N) is 3. The SMILES string of the molecule is C#[N+]C(C)[N+](=C)CCCCC(N)=NC(CCCC=N)C(N)=NC(CCCCC(C)C)C(O)NC(CC(C)C)C(=O)NC. The van der Waals surface area contributed by atoms with E-state index in [4.69, 9.17) is 33.4 Å². The first kappa shape index (κ1) is 39.2. The number of aliphatic imine (C=N–C) groups is 2. The minimum atomic E-state index is -1.06. The Morgan fingerprint density at radius 2 is 1.71 bits per heavy atom. The van der Waals surface area contributed by atoms with E-state index < -0.39 is 24.4 Å². The third-order valence-corrected chi connectivity index (χ3v) is 7.21. The number of aliphatic hydroxyl groups is 1. The molecule has 11 nitrogen and oxygen atoms in total. The normalized spacial score (nSPS) is 16.0. The van der Waals surface area contributed by atoms with Gasteiger partial charge in [0.05, 0.1) is 24.8 Å². The van der Waals surface area contributed by atoms with Crippen LogP contribution in [0.4, 0.5) is 0 Å². The van der Waals surface area contributed by atoms with Crippen LogP contribution in [0, 0.1) is 23.8 Å². The monoisotopic (exact) mass is 591 g/mol. The highest BCUT2D eigenvalue weighted by Gasteiger charge is 2.27. The van der Waals surface area contributed by atoms with Gasteiger partial charge < -0.3 is 27.3 Å². The van der Waals surface area contributed by atoms with E-state index in [0.717, 1.165) is 38.6 Å². The van der Waals surface area contributed by atoms with Crippen LogP contribution in [0.2, 0.25) is 0 Å². The van der Waals surface area contributed by atoms with E-state index in [9.17, 15) is 9.90 Å². The fraction of sp³-hybridized carbons (Fsp3) is 0.806. The topological polar surface area (TPSA) is 169 Å². The van der Waals surface area contributed by atoms with Gasteiger partial charge in [-0.2, -0.15) is 4.58 Å². The Balaban J connectivity index is 5.83. The maximum atomic E-state index is 12.5. The Hall–Kier alpha value is -2.84. The van der Waals surface area contributed by atoms with Crippen molar-refractivity contribution in [3.05, 3.63) is 4.85 Å². The van der Waals surface area contributed by atoms with E-state index in [0.29, 0.717) is 56.1 Å². The average Bonchev–Trinajstić information content (AvgIpc) is 2.94. The molecule has 0 aliphatic carbocycles. The van der Waals surface area contributed by atoms with E-state index in [-0.39, 0.29) is 18.0 Å². The van der Waals surface area contributed by atoms with Gasteiger partial charge in [-0.05, 0) is 61.4 Å². The summed E-state index contributed by atoms with van der Waals surface area (Å²) in [7, 11) is 1.59. The van der Waals surface area contributed by atoms with Crippen molar-refractivity contribution in [1.82, 2.24) is 10.6 Å². The second-order valence-electron chi connectivity index (χ2n) is 12.0. The van der Waals surface area contributed by atoms with Gasteiger partial charge >= 0.3 is 6.17 Å². The largest absolute Gasteiger partial charge is 0.449 e. The number of hydrogen-bond donors (Lipinski definition) is 6. The maximum absolute atomic E-state index is 12.5. The predicted octanol–water partition coefficient (Wildman–Crippen LogP) is 3.74. The van der Waals surface area contributed by atoms with E-state index >= 15 is 0 Å². The molecule has 0 aromatic rings. The number of carbonyl (C=O) groups is 1. The van der Waals surface area contributed by atoms with Gasteiger partial charge in [-0.15, -0.1) is 0 Å². The number of amides is 1. The van der Waals surface area contributed by atoms with Gasteiger partial charge in [-0.25, -0.2) is 0 Å². The summed E-state index contributed by atoms with van der Waals surface area (Å²) in [6.45, 7) is 20.4. The summed E-state index contributed by atoms with van der Waals surface area (Å²) in [4.78, 5) is 25.8. The van der Waals surface area contributed by atoms with Crippen LogP contribution in [-0.2, 0) is 4.79 Å². The van der Waals surface area contributed by atoms with Gasteiger partial charge in [-0.1, -0.05) is 47.0 Å². The van der Waals surface area contributed by atoms with Gasteiger partial charge in [0.25, 0.3) is 6.57 Å². The highest BCUT2D eigenvalue weighted by atomic mass is 16.3. The number of unbranched alkanes of at least 4 members (excludes halogenated alkanes) is 3. The van der Waals surface area contributed by atoms with Crippen LogP contribution in [0.25, 0.3) is 4.85 Å². The number of amidine groups is 2. The van der Waals surface area contributed by atoms with Gasteiger partial charge in [0.15, 0.2) is 0 Å². The molecule has 11 heteroatoms. The number of nitrogens with two attached hydrogens (primary N) is 2. The summed E-state index contributed by atoms with van der Waals surface area (Å²) in [5.41, 5.74) is 12.9. The Labute approximate surface area is 255 Å². The summed E-state index contributed by atoms with van der Waals surface area (Å²) in [5, 5.41) is 24.4. The van der Waals surface area contributed by atoms with Crippen molar-refractivity contribution in [1.29, 1.82) is 5.41 Å². The van der Waals surface area contributed by atoms with Crippen molar-refractivity contribution in [2.24, 2.45) is 33.3 Å². The quantitative estimate of drug-likeness (QED) is 0.0330. The molecular formula is C31H61N9O2+2. The number of aliphatic hydroxyl groups excluding tert-OH is 1. The molecule has 5 unspecified atom stereocenters. The van der Waals surface area contributed by atoms with Crippen molar-refractivity contribution in [3.63, 3.8) is 0 Å². The van der Waals surface area contributed by atoms with Crippen LogP contribution < -0.4 is 22.1 Å². The number of carbonyl (C=O) groups excluding carboxylic acids is 1. The summed E-state index contributed by atoms with van der Waals surface area (Å²) in [6.07, 6.45) is 8.52.